The van der Waals surface area contributed by atoms with Crippen LogP contribution in [0.5, 0.6) is 11.5 Å². The zero-order valence-electron chi connectivity index (χ0n) is 13.6. The van der Waals surface area contributed by atoms with Crippen molar-refractivity contribution in [1.82, 2.24) is 0 Å². The third kappa shape index (κ3) is 2.10. The molecule has 0 spiro atoms. The smallest absolute Gasteiger partial charge is 0.363 e. The van der Waals surface area contributed by atoms with Crippen LogP contribution in [0.1, 0.15) is 17.3 Å². The molecule has 1 aromatic carbocycles. The Morgan fingerprint density at radius 3 is 2.60 bits per heavy atom. The van der Waals surface area contributed by atoms with Crippen molar-refractivity contribution in [3.05, 3.63) is 47.1 Å². The topological polar surface area (TPSA) is 108 Å². The number of methoxy groups -OCH3 is 2. The summed E-state index contributed by atoms with van der Waals surface area (Å²) in [6.07, 6.45) is 1.05. The van der Waals surface area contributed by atoms with Gasteiger partial charge in [0.1, 0.15) is 28.9 Å². The van der Waals surface area contributed by atoms with Crippen molar-refractivity contribution >= 4 is 17.5 Å². The lowest BCUT2D eigenvalue weighted by atomic mass is 9.79. The van der Waals surface area contributed by atoms with Crippen LogP contribution >= 0.6 is 0 Å². The molecule has 3 rings (SSSR count). The van der Waals surface area contributed by atoms with Gasteiger partial charge in [0.15, 0.2) is 0 Å². The number of ketones is 2. The lowest BCUT2D eigenvalue weighted by Gasteiger charge is -2.35. The van der Waals surface area contributed by atoms with Gasteiger partial charge in [-0.3, -0.25) is 9.59 Å². The minimum absolute atomic E-state index is 0.0198. The zero-order valence-corrected chi connectivity index (χ0v) is 13.6. The van der Waals surface area contributed by atoms with E-state index >= 15 is 0 Å². The summed E-state index contributed by atoms with van der Waals surface area (Å²) in [5.74, 6) is -3.66. The van der Waals surface area contributed by atoms with Gasteiger partial charge < -0.3 is 24.1 Å². The Kier molecular flexibility index (Phi) is 3.75. The predicted octanol–water partition coefficient (Wildman–Crippen LogP) is 1.24. The highest BCUT2D eigenvalue weighted by Gasteiger charge is 2.62. The average molecular weight is 346 g/mol. The van der Waals surface area contributed by atoms with Gasteiger partial charge in [-0.2, -0.15) is 0 Å². The summed E-state index contributed by atoms with van der Waals surface area (Å²) in [4.78, 5) is 38.5. The minimum Gasteiger partial charge on any atom is -0.507 e. The first-order chi connectivity index (χ1) is 11.9. The van der Waals surface area contributed by atoms with Gasteiger partial charge in [0.25, 0.3) is 5.95 Å². The largest absolute Gasteiger partial charge is 0.507 e. The quantitative estimate of drug-likeness (QED) is 0.629. The predicted molar refractivity (Wildman–Crippen MR) is 81.7 cm³/mol. The van der Waals surface area contributed by atoms with Crippen LogP contribution in [0.3, 0.4) is 0 Å². The summed E-state index contributed by atoms with van der Waals surface area (Å²) < 4.78 is 20.7. The van der Waals surface area contributed by atoms with Crippen molar-refractivity contribution in [2.45, 2.75) is 12.5 Å². The maximum absolute atomic E-state index is 13.0. The molecule has 0 aromatic heterocycles. The highest BCUT2D eigenvalue weighted by molar-refractivity contribution is 6.29. The van der Waals surface area contributed by atoms with Crippen LogP contribution in [0.15, 0.2) is 41.6 Å². The molecule has 1 aromatic rings. The van der Waals surface area contributed by atoms with Gasteiger partial charge in [0.05, 0.1) is 14.2 Å². The van der Waals surface area contributed by atoms with Crippen LogP contribution in [0.25, 0.3) is 0 Å². The van der Waals surface area contributed by atoms with E-state index in [1.165, 1.54) is 32.2 Å². The molecule has 1 N–H and O–H groups in total. The molecular formula is C17H14O8. The van der Waals surface area contributed by atoms with Crippen molar-refractivity contribution in [1.29, 1.82) is 0 Å². The third-order valence-corrected chi connectivity index (χ3v) is 3.96. The number of phenolic OH excluding ortho intramolecular Hbond substituents is 1. The van der Waals surface area contributed by atoms with E-state index in [2.05, 4.69) is 0 Å². The summed E-state index contributed by atoms with van der Waals surface area (Å²) in [5, 5.41) is 10.0. The Bertz CT molecular complexity index is 863. The first-order valence-corrected chi connectivity index (χ1v) is 7.19. The summed E-state index contributed by atoms with van der Waals surface area (Å²) in [6.45, 7) is 1.40. The number of rotatable bonds is 2. The molecule has 1 unspecified atom stereocenters. The van der Waals surface area contributed by atoms with Crippen molar-refractivity contribution in [3.63, 3.8) is 0 Å². The molecule has 0 saturated carbocycles. The molecule has 0 bridgehead atoms. The van der Waals surface area contributed by atoms with Crippen LogP contribution in [0.2, 0.25) is 0 Å². The molecule has 0 aliphatic carbocycles. The molecule has 8 nitrogen and oxygen atoms in total. The Labute approximate surface area is 142 Å². The van der Waals surface area contributed by atoms with Crippen molar-refractivity contribution in [2.24, 2.45) is 0 Å². The number of phenols is 1. The lowest BCUT2D eigenvalue weighted by Crippen LogP contribution is -2.58. The molecule has 0 amide bonds. The van der Waals surface area contributed by atoms with Crippen molar-refractivity contribution in [3.8, 4) is 11.5 Å². The van der Waals surface area contributed by atoms with E-state index in [1.807, 2.05) is 0 Å². The van der Waals surface area contributed by atoms with Gasteiger partial charge >= 0.3 is 11.6 Å². The number of carbonyl (C=O) groups excluding carboxylic acids is 3. The second-order valence-corrected chi connectivity index (χ2v) is 5.37. The molecular weight excluding hydrogens is 332 g/mol. The molecule has 2 heterocycles. The van der Waals surface area contributed by atoms with E-state index in [-0.39, 0.29) is 22.6 Å². The fourth-order valence-electron chi connectivity index (χ4n) is 2.79. The number of Topliss-reactive ketones (excluding diaryl/α,β-unsaturated/α-hetero) is 2. The molecule has 2 aliphatic rings. The molecule has 25 heavy (non-hydrogen) atoms. The molecule has 130 valence electrons. The lowest BCUT2D eigenvalue weighted by molar-refractivity contribution is -0.160. The second-order valence-electron chi connectivity index (χ2n) is 5.37. The maximum Gasteiger partial charge on any atom is 0.363 e. The Morgan fingerprint density at radius 2 is 1.96 bits per heavy atom. The van der Waals surface area contributed by atoms with Gasteiger partial charge in [-0.15, -0.1) is 0 Å². The highest BCUT2D eigenvalue weighted by Crippen LogP contribution is 2.45. The molecule has 0 saturated heterocycles. The van der Waals surface area contributed by atoms with Crippen molar-refractivity contribution in [2.75, 3.05) is 14.2 Å². The summed E-state index contributed by atoms with van der Waals surface area (Å²) in [6, 6.07) is 4.05. The normalized spacial score (nSPS) is 22.0. The first kappa shape index (κ1) is 16.6. The number of fused-ring (bicyclic) bond motifs is 2. The minimum atomic E-state index is -2.42. The zero-order chi connectivity index (χ0) is 18.4. The summed E-state index contributed by atoms with van der Waals surface area (Å²) in [5.41, 5.74) is -3.10. The number of hydrogen-bond donors (Lipinski definition) is 1. The van der Waals surface area contributed by atoms with Gasteiger partial charge in [-0.05, 0) is 19.1 Å². The summed E-state index contributed by atoms with van der Waals surface area (Å²) in [7, 11) is 2.27. The van der Waals surface area contributed by atoms with E-state index in [0.717, 1.165) is 13.4 Å². The van der Waals surface area contributed by atoms with Gasteiger partial charge in [-0.1, -0.05) is 6.07 Å². The summed E-state index contributed by atoms with van der Waals surface area (Å²) >= 11 is 0. The Morgan fingerprint density at radius 1 is 1.24 bits per heavy atom. The number of aromatic hydroxyl groups is 1. The van der Waals surface area contributed by atoms with Gasteiger partial charge in [0.2, 0.25) is 11.6 Å². The Hall–Kier alpha value is -3.29. The van der Waals surface area contributed by atoms with Crippen LogP contribution in [-0.2, 0) is 23.8 Å². The van der Waals surface area contributed by atoms with Crippen LogP contribution in [-0.4, -0.2) is 42.5 Å². The van der Waals surface area contributed by atoms with Crippen LogP contribution in [0, 0.1) is 0 Å². The number of hydrogen-bond acceptors (Lipinski definition) is 8. The number of benzene rings is 1. The first-order valence-electron chi connectivity index (χ1n) is 7.19. The molecule has 0 fully saturated rings. The number of ether oxygens (including phenoxy) is 4. The van der Waals surface area contributed by atoms with Crippen LogP contribution in [0.4, 0.5) is 0 Å². The standard InChI is InChI=1S/C17H14O8/c1-8-7-24-15(22-2)12-13(19)11-9(18)5-4-6-10(11)25-17(12,14(8)20)16(21)23-3/h4-7,18H,1-3H3. The fourth-order valence-corrected chi connectivity index (χ4v) is 2.79. The van der Waals surface area contributed by atoms with Gasteiger partial charge in [-0.25, -0.2) is 4.79 Å². The SMILES string of the molecule is COC(=O)C12Oc3cccc(O)c3C(=O)C1=C(OC)OC=C(C)C2=O. The van der Waals surface area contributed by atoms with Gasteiger partial charge in [0, 0.05) is 5.57 Å². The molecule has 2 aliphatic heterocycles. The van der Waals surface area contributed by atoms with E-state index in [9.17, 15) is 19.5 Å². The fraction of sp³-hybridized carbons (Fsp3) is 0.235. The molecule has 8 heteroatoms. The molecule has 0 radical (unpaired) electrons. The number of esters is 1. The van der Waals surface area contributed by atoms with Crippen molar-refractivity contribution < 1.29 is 38.4 Å². The number of carbonyl (C=O) groups is 3. The van der Waals surface area contributed by atoms with E-state index in [4.69, 9.17) is 18.9 Å². The monoisotopic (exact) mass is 346 g/mol. The van der Waals surface area contributed by atoms with E-state index < -0.39 is 34.7 Å². The van der Waals surface area contributed by atoms with E-state index in [1.54, 1.807) is 0 Å². The average Bonchev–Trinajstić information content (AvgIpc) is 2.71. The Balaban J connectivity index is 2.42. The highest BCUT2D eigenvalue weighted by atomic mass is 16.7. The maximum atomic E-state index is 13.0. The van der Waals surface area contributed by atoms with E-state index in [0.29, 0.717) is 0 Å². The second kappa shape index (κ2) is 5.66. The van der Waals surface area contributed by atoms with Crippen LogP contribution < -0.4 is 4.74 Å². The third-order valence-electron chi connectivity index (χ3n) is 3.96. The molecule has 1 atom stereocenters.